The summed E-state index contributed by atoms with van der Waals surface area (Å²) in [5.41, 5.74) is 6.69. The van der Waals surface area contributed by atoms with Gasteiger partial charge in [-0.05, 0) is 31.4 Å². The number of nitrogens with two attached hydrogens (primary N) is 1. The number of anilines is 1. The average molecular weight is 284 g/mol. The molecular formula is C14H22ClN3O. The molecule has 0 aliphatic carbocycles. The van der Waals surface area contributed by atoms with Gasteiger partial charge in [0.05, 0.1) is 11.9 Å². The number of likely N-dealkylation sites (tertiary alicyclic amines) is 1. The van der Waals surface area contributed by atoms with Crippen molar-refractivity contribution < 1.29 is 4.79 Å². The lowest BCUT2D eigenvalue weighted by molar-refractivity contribution is 0.0672. The molecule has 2 rings (SSSR count). The SMILES string of the molecule is CCC1CCCCCN1C(=O)c1ccc(N)cn1.Cl. The van der Waals surface area contributed by atoms with Gasteiger partial charge < -0.3 is 10.6 Å². The molecule has 0 bridgehead atoms. The van der Waals surface area contributed by atoms with Gasteiger partial charge in [-0.25, -0.2) is 4.98 Å². The highest BCUT2D eigenvalue weighted by atomic mass is 35.5. The molecule has 1 amide bonds. The minimum absolute atomic E-state index is 0. The van der Waals surface area contributed by atoms with E-state index < -0.39 is 0 Å². The molecular weight excluding hydrogens is 262 g/mol. The number of nitrogen functional groups attached to an aromatic ring is 1. The molecule has 0 saturated carbocycles. The van der Waals surface area contributed by atoms with E-state index in [9.17, 15) is 4.79 Å². The van der Waals surface area contributed by atoms with Crippen molar-refractivity contribution >= 4 is 24.0 Å². The third kappa shape index (κ3) is 3.83. The quantitative estimate of drug-likeness (QED) is 0.908. The van der Waals surface area contributed by atoms with Gasteiger partial charge in [0.1, 0.15) is 5.69 Å². The lowest BCUT2D eigenvalue weighted by atomic mass is 10.1. The zero-order valence-corrected chi connectivity index (χ0v) is 12.2. The van der Waals surface area contributed by atoms with Crippen molar-refractivity contribution in [3.8, 4) is 0 Å². The summed E-state index contributed by atoms with van der Waals surface area (Å²) in [6, 6.07) is 3.81. The van der Waals surface area contributed by atoms with E-state index in [-0.39, 0.29) is 18.3 Å². The van der Waals surface area contributed by atoms with E-state index in [0.29, 0.717) is 17.4 Å². The minimum atomic E-state index is 0. The maximum absolute atomic E-state index is 12.5. The number of rotatable bonds is 2. The standard InChI is InChI=1S/C14H21N3O.ClH/c1-2-12-6-4-3-5-9-17(12)14(18)13-8-7-11(15)10-16-13;/h7-8,10,12H,2-6,9,15H2,1H3;1H. The third-order valence-corrected chi connectivity index (χ3v) is 3.61. The Kier molecular flexibility index (Phi) is 6.09. The van der Waals surface area contributed by atoms with Gasteiger partial charge in [0.2, 0.25) is 0 Å². The van der Waals surface area contributed by atoms with Gasteiger partial charge in [0.25, 0.3) is 5.91 Å². The second kappa shape index (κ2) is 7.34. The fourth-order valence-electron chi connectivity index (χ4n) is 2.55. The number of carbonyl (C=O) groups is 1. The summed E-state index contributed by atoms with van der Waals surface area (Å²) in [5.74, 6) is 0.0451. The Hall–Kier alpha value is -1.29. The maximum atomic E-state index is 12.5. The largest absolute Gasteiger partial charge is 0.397 e. The molecule has 0 radical (unpaired) electrons. The number of halogens is 1. The Morgan fingerprint density at radius 2 is 2.21 bits per heavy atom. The van der Waals surface area contributed by atoms with Crippen LogP contribution in [0.2, 0.25) is 0 Å². The zero-order chi connectivity index (χ0) is 13.0. The molecule has 1 aromatic rings. The van der Waals surface area contributed by atoms with E-state index in [1.54, 1.807) is 18.3 Å². The van der Waals surface area contributed by atoms with Crippen LogP contribution in [-0.4, -0.2) is 28.4 Å². The van der Waals surface area contributed by atoms with E-state index in [1.165, 1.54) is 12.8 Å². The monoisotopic (exact) mass is 283 g/mol. The van der Waals surface area contributed by atoms with Crippen LogP contribution in [0.15, 0.2) is 18.3 Å². The van der Waals surface area contributed by atoms with Crippen LogP contribution in [-0.2, 0) is 0 Å². The number of hydrogen-bond donors (Lipinski definition) is 1. The molecule has 1 saturated heterocycles. The van der Waals surface area contributed by atoms with Gasteiger partial charge in [-0.15, -0.1) is 12.4 Å². The third-order valence-electron chi connectivity index (χ3n) is 3.61. The summed E-state index contributed by atoms with van der Waals surface area (Å²) in [7, 11) is 0. The molecule has 2 N–H and O–H groups in total. The number of nitrogens with zero attached hydrogens (tertiary/aromatic N) is 2. The fraction of sp³-hybridized carbons (Fsp3) is 0.571. The van der Waals surface area contributed by atoms with E-state index in [1.807, 2.05) is 4.90 Å². The van der Waals surface area contributed by atoms with Crippen molar-refractivity contribution in [2.75, 3.05) is 12.3 Å². The lowest BCUT2D eigenvalue weighted by Crippen LogP contribution is -2.40. The van der Waals surface area contributed by atoms with Gasteiger partial charge in [-0.1, -0.05) is 19.8 Å². The van der Waals surface area contributed by atoms with Crippen molar-refractivity contribution in [3.63, 3.8) is 0 Å². The predicted molar refractivity (Wildman–Crippen MR) is 79.5 cm³/mol. The van der Waals surface area contributed by atoms with Gasteiger partial charge in [-0.2, -0.15) is 0 Å². The topological polar surface area (TPSA) is 59.2 Å². The van der Waals surface area contributed by atoms with Crippen LogP contribution in [0, 0.1) is 0 Å². The summed E-state index contributed by atoms with van der Waals surface area (Å²) in [6.45, 7) is 3.00. The van der Waals surface area contributed by atoms with E-state index >= 15 is 0 Å². The first-order chi connectivity index (χ1) is 8.72. The molecule has 4 nitrogen and oxygen atoms in total. The lowest BCUT2D eigenvalue weighted by Gasteiger charge is -2.29. The molecule has 1 aliphatic heterocycles. The van der Waals surface area contributed by atoms with Crippen molar-refractivity contribution in [1.29, 1.82) is 0 Å². The number of carbonyl (C=O) groups excluding carboxylic acids is 1. The normalized spacial score (nSPS) is 19.4. The van der Waals surface area contributed by atoms with E-state index in [4.69, 9.17) is 5.73 Å². The van der Waals surface area contributed by atoms with Crippen LogP contribution in [0.1, 0.15) is 49.5 Å². The highest BCUT2D eigenvalue weighted by Gasteiger charge is 2.25. The molecule has 106 valence electrons. The zero-order valence-electron chi connectivity index (χ0n) is 11.3. The van der Waals surface area contributed by atoms with Crippen molar-refractivity contribution in [3.05, 3.63) is 24.0 Å². The second-order valence-electron chi connectivity index (χ2n) is 4.89. The number of amides is 1. The first-order valence-corrected chi connectivity index (χ1v) is 6.75. The van der Waals surface area contributed by atoms with Crippen molar-refractivity contribution in [2.24, 2.45) is 0 Å². The predicted octanol–water partition coefficient (Wildman–Crippen LogP) is 2.88. The van der Waals surface area contributed by atoms with Gasteiger partial charge in [-0.3, -0.25) is 4.79 Å². The summed E-state index contributed by atoms with van der Waals surface area (Å²) in [4.78, 5) is 18.6. The number of aromatic nitrogens is 1. The Bertz CT molecular complexity index is 408. The molecule has 1 aromatic heterocycles. The van der Waals surface area contributed by atoms with Crippen LogP contribution >= 0.6 is 12.4 Å². The highest BCUT2D eigenvalue weighted by Crippen LogP contribution is 2.21. The first-order valence-electron chi connectivity index (χ1n) is 6.75. The van der Waals surface area contributed by atoms with Crippen LogP contribution in [0.4, 0.5) is 5.69 Å². The molecule has 1 fully saturated rings. The Morgan fingerprint density at radius 3 is 2.84 bits per heavy atom. The molecule has 1 unspecified atom stereocenters. The fourth-order valence-corrected chi connectivity index (χ4v) is 2.55. The molecule has 0 aromatic carbocycles. The summed E-state index contributed by atoms with van der Waals surface area (Å²) >= 11 is 0. The summed E-state index contributed by atoms with van der Waals surface area (Å²) in [6.07, 6.45) is 7.20. The Morgan fingerprint density at radius 1 is 1.42 bits per heavy atom. The van der Waals surface area contributed by atoms with Crippen LogP contribution in [0.25, 0.3) is 0 Å². The van der Waals surface area contributed by atoms with Crippen LogP contribution in [0.3, 0.4) is 0 Å². The Balaban J connectivity index is 0.00000180. The number of hydrogen-bond acceptors (Lipinski definition) is 3. The van der Waals surface area contributed by atoms with E-state index in [0.717, 1.165) is 25.8 Å². The van der Waals surface area contributed by atoms with Crippen LogP contribution < -0.4 is 5.73 Å². The van der Waals surface area contributed by atoms with Gasteiger partial charge >= 0.3 is 0 Å². The smallest absolute Gasteiger partial charge is 0.272 e. The van der Waals surface area contributed by atoms with Gasteiger partial charge in [0, 0.05) is 12.6 Å². The molecule has 2 heterocycles. The molecule has 19 heavy (non-hydrogen) atoms. The molecule has 0 spiro atoms. The molecule has 1 atom stereocenters. The molecule has 5 heteroatoms. The first kappa shape index (κ1) is 15.8. The minimum Gasteiger partial charge on any atom is -0.397 e. The summed E-state index contributed by atoms with van der Waals surface area (Å²) < 4.78 is 0. The van der Waals surface area contributed by atoms with Gasteiger partial charge in [0.15, 0.2) is 0 Å². The second-order valence-corrected chi connectivity index (χ2v) is 4.89. The summed E-state index contributed by atoms with van der Waals surface area (Å²) in [5, 5.41) is 0. The van der Waals surface area contributed by atoms with Crippen molar-refractivity contribution in [1.82, 2.24) is 9.88 Å². The van der Waals surface area contributed by atoms with Crippen LogP contribution in [0.5, 0.6) is 0 Å². The maximum Gasteiger partial charge on any atom is 0.272 e. The highest BCUT2D eigenvalue weighted by molar-refractivity contribution is 5.92. The van der Waals surface area contributed by atoms with Crippen molar-refractivity contribution in [2.45, 2.75) is 45.1 Å². The molecule has 1 aliphatic rings. The Labute approximate surface area is 120 Å². The number of pyridine rings is 1. The van der Waals surface area contributed by atoms with E-state index in [2.05, 4.69) is 11.9 Å². The average Bonchev–Trinajstić information content (AvgIpc) is 2.63.